The monoisotopic (exact) mass is 187 g/mol. The molecular weight excluding hydrogens is 174 g/mol. The highest BCUT2D eigenvalue weighted by molar-refractivity contribution is 5.73. The minimum absolute atomic E-state index is 0.0544. The van der Waals surface area contributed by atoms with Crippen molar-refractivity contribution in [2.24, 2.45) is 5.73 Å². The van der Waals surface area contributed by atoms with Crippen molar-refractivity contribution in [2.45, 2.75) is 25.3 Å². The zero-order chi connectivity index (χ0) is 10.3. The highest BCUT2D eigenvalue weighted by Crippen LogP contribution is 1.95. The van der Waals surface area contributed by atoms with Crippen LogP contribution < -0.4 is 5.73 Å². The molecule has 0 rings (SSSR count). The highest BCUT2D eigenvalue weighted by atomic mass is 16.4. The van der Waals surface area contributed by atoms with Gasteiger partial charge in [-0.3, -0.25) is 9.59 Å². The molecule has 0 aromatic heterocycles. The van der Waals surface area contributed by atoms with E-state index in [0.29, 0.717) is 6.42 Å². The van der Waals surface area contributed by atoms with E-state index >= 15 is 0 Å². The minimum atomic E-state index is -1.05. The number of aliphatic carboxylic acids is 2. The lowest BCUT2D eigenvalue weighted by atomic mass is 10.2. The number of hydrogen-bond donors (Lipinski definition) is 3. The summed E-state index contributed by atoms with van der Waals surface area (Å²) in [5.41, 5.74) is 5.19. The van der Waals surface area contributed by atoms with Crippen LogP contribution in [0.5, 0.6) is 0 Å². The molecule has 0 aliphatic heterocycles. The lowest BCUT2D eigenvalue weighted by molar-refractivity contribution is -0.138. The Morgan fingerprint density at radius 1 is 1.31 bits per heavy atom. The van der Waals surface area contributed by atoms with E-state index in [-0.39, 0.29) is 12.8 Å². The maximum absolute atomic E-state index is 10.2. The van der Waals surface area contributed by atoms with E-state index in [1.165, 1.54) is 0 Å². The van der Waals surface area contributed by atoms with Gasteiger partial charge in [-0.1, -0.05) is 12.2 Å². The van der Waals surface area contributed by atoms with E-state index in [1.54, 1.807) is 12.2 Å². The number of nitrogens with two attached hydrogens (primary N) is 1. The number of carbonyl (C=O) groups is 2. The fourth-order valence-corrected chi connectivity index (χ4v) is 0.668. The first-order valence-corrected chi connectivity index (χ1v) is 3.89. The van der Waals surface area contributed by atoms with Gasteiger partial charge in [-0.2, -0.15) is 0 Å². The predicted molar refractivity (Wildman–Crippen MR) is 46.2 cm³/mol. The third-order valence-electron chi connectivity index (χ3n) is 1.40. The molecular formula is C8H13NO4. The summed E-state index contributed by atoms with van der Waals surface area (Å²) in [6, 6.07) is -0.902. The van der Waals surface area contributed by atoms with E-state index < -0.39 is 18.0 Å². The molecule has 0 aliphatic rings. The van der Waals surface area contributed by atoms with Crippen molar-refractivity contribution in [3.8, 4) is 0 Å². The van der Waals surface area contributed by atoms with Gasteiger partial charge in [0, 0.05) is 6.42 Å². The summed E-state index contributed by atoms with van der Waals surface area (Å²) >= 11 is 0. The molecule has 0 bridgehead atoms. The van der Waals surface area contributed by atoms with Gasteiger partial charge in [0.25, 0.3) is 0 Å². The Morgan fingerprint density at radius 3 is 2.38 bits per heavy atom. The summed E-state index contributed by atoms with van der Waals surface area (Å²) in [5, 5.41) is 16.6. The van der Waals surface area contributed by atoms with Gasteiger partial charge in [-0.05, 0) is 12.8 Å². The molecule has 13 heavy (non-hydrogen) atoms. The number of rotatable bonds is 6. The highest BCUT2D eigenvalue weighted by Gasteiger charge is 2.07. The summed E-state index contributed by atoms with van der Waals surface area (Å²) in [4.78, 5) is 20.3. The predicted octanol–water partition coefficient (Wildman–Crippen LogP) is 0.209. The van der Waals surface area contributed by atoms with Crippen LogP contribution in [0, 0.1) is 0 Å². The third kappa shape index (κ3) is 7.02. The SMILES string of the molecule is N[C@@H](CC=CCCC(=O)O)C(=O)O. The summed E-state index contributed by atoms with van der Waals surface area (Å²) in [6.45, 7) is 0. The average molecular weight is 187 g/mol. The number of carboxylic acids is 2. The van der Waals surface area contributed by atoms with Crippen LogP contribution in [-0.2, 0) is 9.59 Å². The Balaban J connectivity index is 3.52. The number of hydrogen-bond acceptors (Lipinski definition) is 3. The van der Waals surface area contributed by atoms with Crippen LogP contribution >= 0.6 is 0 Å². The van der Waals surface area contributed by atoms with Crippen molar-refractivity contribution in [1.82, 2.24) is 0 Å². The molecule has 0 saturated carbocycles. The van der Waals surface area contributed by atoms with Crippen LogP contribution in [0.25, 0.3) is 0 Å². The molecule has 4 N–H and O–H groups in total. The first-order chi connectivity index (χ1) is 6.04. The van der Waals surface area contributed by atoms with Crippen molar-refractivity contribution in [3.05, 3.63) is 12.2 Å². The minimum Gasteiger partial charge on any atom is -0.481 e. The van der Waals surface area contributed by atoms with Crippen molar-refractivity contribution in [2.75, 3.05) is 0 Å². The maximum Gasteiger partial charge on any atom is 0.320 e. The van der Waals surface area contributed by atoms with Crippen molar-refractivity contribution in [1.29, 1.82) is 0 Å². The molecule has 0 amide bonds. The Morgan fingerprint density at radius 2 is 1.92 bits per heavy atom. The van der Waals surface area contributed by atoms with Gasteiger partial charge in [-0.25, -0.2) is 0 Å². The molecule has 0 fully saturated rings. The normalized spacial score (nSPS) is 13.0. The summed E-state index contributed by atoms with van der Waals surface area (Å²) in [6.07, 6.45) is 3.90. The third-order valence-corrected chi connectivity index (χ3v) is 1.40. The second-order valence-electron chi connectivity index (χ2n) is 2.58. The fourth-order valence-electron chi connectivity index (χ4n) is 0.668. The van der Waals surface area contributed by atoms with Crippen LogP contribution in [0.1, 0.15) is 19.3 Å². The zero-order valence-electron chi connectivity index (χ0n) is 7.14. The molecule has 0 aromatic carbocycles. The van der Waals surface area contributed by atoms with Crippen LogP contribution in [0.15, 0.2) is 12.2 Å². The maximum atomic E-state index is 10.2. The van der Waals surface area contributed by atoms with Gasteiger partial charge in [0.05, 0.1) is 0 Å². The van der Waals surface area contributed by atoms with E-state index in [0.717, 1.165) is 0 Å². The first-order valence-electron chi connectivity index (χ1n) is 3.89. The van der Waals surface area contributed by atoms with Crippen molar-refractivity contribution >= 4 is 11.9 Å². The van der Waals surface area contributed by atoms with Gasteiger partial charge >= 0.3 is 11.9 Å². The smallest absolute Gasteiger partial charge is 0.320 e. The van der Waals surface area contributed by atoms with E-state index in [1.807, 2.05) is 0 Å². The van der Waals surface area contributed by atoms with Gasteiger partial charge in [0.15, 0.2) is 0 Å². The molecule has 0 radical (unpaired) electrons. The molecule has 0 heterocycles. The van der Waals surface area contributed by atoms with Gasteiger partial charge in [0.2, 0.25) is 0 Å². The van der Waals surface area contributed by atoms with Gasteiger partial charge in [-0.15, -0.1) is 0 Å². The Hall–Kier alpha value is -1.36. The van der Waals surface area contributed by atoms with Crippen molar-refractivity contribution in [3.63, 3.8) is 0 Å². The van der Waals surface area contributed by atoms with Crippen LogP contribution in [0.3, 0.4) is 0 Å². The van der Waals surface area contributed by atoms with E-state index in [2.05, 4.69) is 0 Å². The molecule has 5 nitrogen and oxygen atoms in total. The van der Waals surface area contributed by atoms with E-state index in [4.69, 9.17) is 15.9 Å². The Bertz CT molecular complexity index is 212. The fraction of sp³-hybridized carbons (Fsp3) is 0.500. The Kier molecular flexibility index (Phi) is 5.54. The second kappa shape index (κ2) is 6.19. The average Bonchev–Trinajstić information content (AvgIpc) is 2.02. The topological polar surface area (TPSA) is 101 Å². The van der Waals surface area contributed by atoms with Gasteiger partial charge in [0.1, 0.15) is 6.04 Å². The standard InChI is InChI=1S/C8H13NO4/c9-6(8(12)13)4-2-1-3-5-7(10)11/h1-2,6H,3-5,9H2,(H,10,11)(H,12,13)/t6-/m0/s1. The van der Waals surface area contributed by atoms with Crippen LogP contribution in [0.2, 0.25) is 0 Å². The molecule has 0 unspecified atom stereocenters. The zero-order valence-corrected chi connectivity index (χ0v) is 7.14. The summed E-state index contributed by atoms with van der Waals surface area (Å²) in [5.74, 6) is -1.92. The number of allylic oxidation sites excluding steroid dienone is 1. The van der Waals surface area contributed by atoms with Crippen LogP contribution in [-0.4, -0.2) is 28.2 Å². The molecule has 5 heteroatoms. The number of carboxylic acid groups (broad SMARTS) is 2. The molecule has 0 aromatic rings. The van der Waals surface area contributed by atoms with Gasteiger partial charge < -0.3 is 15.9 Å². The molecule has 0 spiro atoms. The quantitative estimate of drug-likeness (QED) is 0.516. The largest absolute Gasteiger partial charge is 0.481 e. The Labute approximate surface area is 75.9 Å². The van der Waals surface area contributed by atoms with Crippen molar-refractivity contribution < 1.29 is 19.8 Å². The first kappa shape index (κ1) is 11.6. The molecule has 74 valence electrons. The van der Waals surface area contributed by atoms with Crippen LogP contribution in [0.4, 0.5) is 0 Å². The van der Waals surface area contributed by atoms with E-state index in [9.17, 15) is 9.59 Å². The molecule has 0 aliphatic carbocycles. The molecule has 1 atom stereocenters. The molecule has 0 saturated heterocycles. The lowest BCUT2D eigenvalue weighted by Crippen LogP contribution is -2.29. The lowest BCUT2D eigenvalue weighted by Gasteiger charge is -1.99. The second-order valence-corrected chi connectivity index (χ2v) is 2.58. The summed E-state index contributed by atoms with van der Waals surface area (Å²) < 4.78 is 0. The summed E-state index contributed by atoms with van der Waals surface area (Å²) in [7, 11) is 0.